The van der Waals surface area contributed by atoms with Gasteiger partial charge in [-0.25, -0.2) is 9.18 Å². The van der Waals surface area contributed by atoms with Crippen molar-refractivity contribution in [1.82, 2.24) is 10.2 Å². The molecule has 1 saturated heterocycles. The fourth-order valence-electron chi connectivity index (χ4n) is 3.61. The van der Waals surface area contributed by atoms with Crippen LogP contribution in [0.5, 0.6) is 0 Å². The molecule has 1 fully saturated rings. The van der Waals surface area contributed by atoms with Gasteiger partial charge in [-0.1, -0.05) is 30.7 Å². The zero-order valence-corrected chi connectivity index (χ0v) is 15.9. The third-order valence-corrected chi connectivity index (χ3v) is 5.23. The van der Waals surface area contributed by atoms with Gasteiger partial charge in [-0.3, -0.25) is 9.69 Å². The first-order valence-electron chi connectivity index (χ1n) is 9.56. The highest BCUT2D eigenvalue weighted by Gasteiger charge is 2.29. The highest BCUT2D eigenvalue weighted by molar-refractivity contribution is 5.87. The van der Waals surface area contributed by atoms with Crippen molar-refractivity contribution in [2.45, 2.75) is 44.8 Å². The molecule has 1 aliphatic heterocycles. The first-order valence-corrected chi connectivity index (χ1v) is 9.56. The smallest absolute Gasteiger partial charge is 0.335 e. The van der Waals surface area contributed by atoms with E-state index in [-0.39, 0.29) is 29.4 Å². The van der Waals surface area contributed by atoms with Gasteiger partial charge in [0.05, 0.1) is 17.6 Å². The van der Waals surface area contributed by atoms with Crippen LogP contribution >= 0.6 is 0 Å². The molecule has 0 bridgehead atoms. The van der Waals surface area contributed by atoms with Crippen LogP contribution in [0.4, 0.5) is 4.39 Å². The van der Waals surface area contributed by atoms with Gasteiger partial charge in [0, 0.05) is 6.54 Å². The first kappa shape index (κ1) is 20.0. The van der Waals surface area contributed by atoms with E-state index in [1.807, 2.05) is 6.92 Å². The van der Waals surface area contributed by atoms with Gasteiger partial charge in [0.15, 0.2) is 0 Å². The maximum Gasteiger partial charge on any atom is 0.335 e. The van der Waals surface area contributed by atoms with Gasteiger partial charge < -0.3 is 10.4 Å². The fraction of sp³-hybridized carbons (Fsp3) is 0.364. The molecule has 0 unspecified atom stereocenters. The molecule has 3 rings (SSSR count). The molecule has 5 nitrogen and oxygen atoms in total. The van der Waals surface area contributed by atoms with Crippen molar-refractivity contribution in [1.29, 1.82) is 0 Å². The Morgan fingerprint density at radius 2 is 1.82 bits per heavy atom. The molecule has 1 aliphatic rings. The molecular weight excluding hydrogens is 359 g/mol. The molecular formula is C22H25FN2O3. The number of carboxylic acid groups (broad SMARTS) is 1. The minimum Gasteiger partial charge on any atom is -0.478 e. The van der Waals surface area contributed by atoms with Crippen molar-refractivity contribution in [3.8, 4) is 0 Å². The number of nitrogens with one attached hydrogen (secondary N) is 1. The molecule has 0 radical (unpaired) electrons. The average molecular weight is 384 g/mol. The van der Waals surface area contributed by atoms with Gasteiger partial charge in [0.1, 0.15) is 5.82 Å². The van der Waals surface area contributed by atoms with E-state index < -0.39 is 5.97 Å². The minimum absolute atomic E-state index is 0.0309. The third kappa shape index (κ3) is 4.95. The second-order valence-corrected chi connectivity index (χ2v) is 7.27. The van der Waals surface area contributed by atoms with Crippen molar-refractivity contribution < 1.29 is 19.1 Å². The van der Waals surface area contributed by atoms with Crippen LogP contribution < -0.4 is 5.32 Å². The lowest BCUT2D eigenvalue weighted by Gasteiger charge is -2.35. The molecule has 0 spiro atoms. The molecule has 2 aromatic carbocycles. The molecule has 2 N–H and O–H groups in total. The summed E-state index contributed by atoms with van der Waals surface area (Å²) in [6.07, 6.45) is 2.83. The Morgan fingerprint density at radius 3 is 2.46 bits per heavy atom. The number of nitrogens with zero attached hydrogens (tertiary/aromatic N) is 1. The molecule has 1 heterocycles. The summed E-state index contributed by atoms with van der Waals surface area (Å²) in [6, 6.07) is 12.5. The maximum atomic E-state index is 13.1. The van der Waals surface area contributed by atoms with Crippen molar-refractivity contribution in [3.63, 3.8) is 0 Å². The topological polar surface area (TPSA) is 69.6 Å². The monoisotopic (exact) mass is 384 g/mol. The van der Waals surface area contributed by atoms with E-state index in [1.54, 1.807) is 36.4 Å². The van der Waals surface area contributed by atoms with Gasteiger partial charge in [-0.2, -0.15) is 0 Å². The standard InChI is InChI=1S/C22H25FN2O3/c1-15(17-7-9-18(10-8-17)22(27)28)24-21(26)20-4-2-3-13-25(20)14-16-5-11-19(23)12-6-16/h5-12,15,20H,2-4,13-14H2,1H3,(H,24,26)(H,27,28)/t15-,20+/m0/s1. The fourth-order valence-corrected chi connectivity index (χ4v) is 3.61. The molecule has 0 aliphatic carbocycles. The van der Waals surface area contributed by atoms with Crippen LogP contribution in [0.2, 0.25) is 0 Å². The van der Waals surface area contributed by atoms with E-state index in [2.05, 4.69) is 10.2 Å². The molecule has 2 aromatic rings. The van der Waals surface area contributed by atoms with Crippen molar-refractivity contribution in [2.24, 2.45) is 0 Å². The zero-order chi connectivity index (χ0) is 20.1. The number of carbonyl (C=O) groups is 2. The summed E-state index contributed by atoms with van der Waals surface area (Å²) >= 11 is 0. The Morgan fingerprint density at radius 1 is 1.14 bits per heavy atom. The van der Waals surface area contributed by atoms with E-state index in [4.69, 9.17) is 5.11 Å². The number of carbonyl (C=O) groups excluding carboxylic acids is 1. The number of aromatic carboxylic acids is 1. The van der Waals surface area contributed by atoms with Crippen LogP contribution in [0.15, 0.2) is 48.5 Å². The number of rotatable bonds is 6. The molecule has 148 valence electrons. The number of benzene rings is 2. The number of halogens is 1. The van der Waals surface area contributed by atoms with Crippen molar-refractivity contribution >= 4 is 11.9 Å². The summed E-state index contributed by atoms with van der Waals surface area (Å²) in [5.41, 5.74) is 2.07. The lowest BCUT2D eigenvalue weighted by Crippen LogP contribution is -2.49. The zero-order valence-electron chi connectivity index (χ0n) is 15.9. The highest BCUT2D eigenvalue weighted by atomic mass is 19.1. The third-order valence-electron chi connectivity index (χ3n) is 5.23. The summed E-state index contributed by atoms with van der Waals surface area (Å²) in [5, 5.41) is 12.1. The number of piperidine rings is 1. The highest BCUT2D eigenvalue weighted by Crippen LogP contribution is 2.22. The molecule has 0 aromatic heterocycles. The van der Waals surface area contributed by atoms with Crippen LogP contribution in [0.1, 0.15) is 53.7 Å². The quantitative estimate of drug-likeness (QED) is 0.796. The van der Waals surface area contributed by atoms with Gasteiger partial charge in [0.2, 0.25) is 5.91 Å². The van der Waals surface area contributed by atoms with E-state index in [9.17, 15) is 14.0 Å². The largest absolute Gasteiger partial charge is 0.478 e. The number of likely N-dealkylation sites (tertiary alicyclic amines) is 1. The number of hydrogen-bond acceptors (Lipinski definition) is 3. The van der Waals surface area contributed by atoms with Gasteiger partial charge >= 0.3 is 5.97 Å². The Balaban J connectivity index is 1.64. The van der Waals surface area contributed by atoms with Gasteiger partial charge in [-0.05, 0) is 61.7 Å². The second kappa shape index (κ2) is 8.97. The summed E-state index contributed by atoms with van der Waals surface area (Å²) in [6.45, 7) is 3.33. The Hall–Kier alpha value is -2.73. The van der Waals surface area contributed by atoms with E-state index in [0.717, 1.165) is 36.9 Å². The lowest BCUT2D eigenvalue weighted by molar-refractivity contribution is -0.128. The predicted octanol–water partition coefficient (Wildman–Crippen LogP) is 3.76. The van der Waals surface area contributed by atoms with Crippen LogP contribution in [-0.2, 0) is 11.3 Å². The molecule has 1 amide bonds. The van der Waals surface area contributed by atoms with Crippen LogP contribution in [0.3, 0.4) is 0 Å². The van der Waals surface area contributed by atoms with Crippen LogP contribution in [-0.4, -0.2) is 34.5 Å². The maximum absolute atomic E-state index is 13.1. The number of hydrogen-bond donors (Lipinski definition) is 2. The molecule has 0 saturated carbocycles. The Labute approximate surface area is 164 Å². The predicted molar refractivity (Wildman–Crippen MR) is 104 cm³/mol. The second-order valence-electron chi connectivity index (χ2n) is 7.27. The van der Waals surface area contributed by atoms with Crippen molar-refractivity contribution in [2.75, 3.05) is 6.54 Å². The van der Waals surface area contributed by atoms with Gasteiger partial charge in [0.25, 0.3) is 0 Å². The number of carboxylic acids is 1. The lowest BCUT2D eigenvalue weighted by atomic mass is 9.99. The number of amides is 1. The molecule has 28 heavy (non-hydrogen) atoms. The van der Waals surface area contributed by atoms with Gasteiger partial charge in [-0.15, -0.1) is 0 Å². The Bertz CT molecular complexity index is 821. The average Bonchev–Trinajstić information content (AvgIpc) is 2.70. The summed E-state index contributed by atoms with van der Waals surface area (Å²) in [5.74, 6) is -1.27. The first-order chi connectivity index (χ1) is 13.4. The minimum atomic E-state index is -0.970. The normalized spacial score (nSPS) is 18.4. The van der Waals surface area contributed by atoms with E-state index in [1.165, 1.54) is 12.1 Å². The van der Waals surface area contributed by atoms with Crippen LogP contribution in [0, 0.1) is 5.82 Å². The summed E-state index contributed by atoms with van der Waals surface area (Å²) in [7, 11) is 0. The van der Waals surface area contributed by atoms with E-state index in [0.29, 0.717) is 6.54 Å². The summed E-state index contributed by atoms with van der Waals surface area (Å²) in [4.78, 5) is 26.0. The summed E-state index contributed by atoms with van der Waals surface area (Å²) < 4.78 is 13.1. The van der Waals surface area contributed by atoms with Crippen molar-refractivity contribution in [3.05, 3.63) is 71.0 Å². The SMILES string of the molecule is C[C@H](NC(=O)[C@H]1CCCCN1Cc1ccc(F)cc1)c1ccc(C(=O)O)cc1. The molecule has 6 heteroatoms. The van der Waals surface area contributed by atoms with Crippen LogP contribution in [0.25, 0.3) is 0 Å². The van der Waals surface area contributed by atoms with E-state index >= 15 is 0 Å². The Kier molecular flexibility index (Phi) is 6.41. The molecule has 2 atom stereocenters.